The van der Waals surface area contributed by atoms with E-state index in [1.165, 1.54) is 18.3 Å². The third-order valence-corrected chi connectivity index (χ3v) is 3.99. The molecule has 1 amide bonds. The van der Waals surface area contributed by atoms with Gasteiger partial charge in [-0.1, -0.05) is 41.8 Å². The first kappa shape index (κ1) is 13.5. The van der Waals surface area contributed by atoms with Crippen molar-refractivity contribution in [3.8, 4) is 0 Å². The van der Waals surface area contributed by atoms with Gasteiger partial charge < -0.3 is 0 Å². The second kappa shape index (κ2) is 6.87. The van der Waals surface area contributed by atoms with Gasteiger partial charge in [0.1, 0.15) is 0 Å². The molecule has 0 spiro atoms. The fourth-order valence-electron chi connectivity index (χ4n) is 0.765. The first-order chi connectivity index (χ1) is 7.61. The van der Waals surface area contributed by atoms with E-state index in [-0.39, 0.29) is 16.8 Å². The molecule has 0 aromatic carbocycles. The van der Waals surface area contributed by atoms with Crippen molar-refractivity contribution in [1.82, 2.24) is 10.2 Å². The van der Waals surface area contributed by atoms with Crippen molar-refractivity contribution in [2.75, 3.05) is 16.8 Å². The minimum atomic E-state index is -0.232. The Morgan fingerprint density at radius 3 is 2.81 bits per heavy atom. The zero-order valence-corrected chi connectivity index (χ0v) is 11.3. The van der Waals surface area contributed by atoms with Crippen LogP contribution >= 0.6 is 34.9 Å². The summed E-state index contributed by atoms with van der Waals surface area (Å²) in [5.41, 5.74) is 0. The molecule has 1 heterocycles. The van der Waals surface area contributed by atoms with Crippen LogP contribution in [0.25, 0.3) is 0 Å². The van der Waals surface area contributed by atoms with E-state index in [0.29, 0.717) is 5.13 Å². The summed E-state index contributed by atoms with van der Waals surface area (Å²) in [6.07, 6.45) is 0. The minimum Gasteiger partial charge on any atom is -0.300 e. The van der Waals surface area contributed by atoms with Gasteiger partial charge in [0.2, 0.25) is 11.0 Å². The van der Waals surface area contributed by atoms with Gasteiger partial charge in [-0.2, -0.15) is 0 Å². The van der Waals surface area contributed by atoms with E-state index < -0.39 is 0 Å². The number of nitrogens with zero attached hydrogens (tertiary/aromatic N) is 2. The zero-order chi connectivity index (χ0) is 12.0. The summed E-state index contributed by atoms with van der Waals surface area (Å²) in [6.45, 7) is 3.45. The third kappa shape index (κ3) is 4.95. The summed E-state index contributed by atoms with van der Waals surface area (Å²) in [5, 5.41) is 10.7. The smallest absolute Gasteiger partial charge is 0.236 e. The number of aromatic nitrogens is 2. The lowest BCUT2D eigenvalue weighted by Gasteiger charge is -1.97. The molecule has 0 aliphatic carbocycles. The van der Waals surface area contributed by atoms with E-state index in [0.717, 1.165) is 21.9 Å². The molecule has 0 unspecified atom stereocenters. The van der Waals surface area contributed by atoms with E-state index in [9.17, 15) is 9.59 Å². The van der Waals surface area contributed by atoms with Crippen LogP contribution in [-0.4, -0.2) is 32.7 Å². The number of hydrogen-bond donors (Lipinski definition) is 1. The van der Waals surface area contributed by atoms with Crippen LogP contribution in [0.5, 0.6) is 0 Å². The maximum absolute atomic E-state index is 11.3. The molecule has 0 atom stereocenters. The van der Waals surface area contributed by atoms with Crippen LogP contribution in [0.1, 0.15) is 13.8 Å². The van der Waals surface area contributed by atoms with Crippen LogP contribution in [0, 0.1) is 0 Å². The fraction of sp³-hybridized carbons (Fsp3) is 0.500. The maximum Gasteiger partial charge on any atom is 0.236 e. The highest BCUT2D eigenvalue weighted by Gasteiger charge is 2.08. The van der Waals surface area contributed by atoms with Gasteiger partial charge in [0.25, 0.3) is 0 Å². The molecular weight excluding hydrogens is 266 g/mol. The van der Waals surface area contributed by atoms with Crippen LogP contribution in [-0.2, 0) is 9.59 Å². The first-order valence-electron chi connectivity index (χ1n) is 4.51. The SMILES string of the molecule is CCSc1nnc(NC(=O)CSC(C)=O)s1. The standard InChI is InChI=1S/C8H11N3O2S3/c1-3-14-8-11-10-7(16-8)9-6(13)4-15-5(2)12/h3-4H2,1-2H3,(H,9,10,13). The third-order valence-electron chi connectivity index (χ3n) is 1.33. The van der Waals surface area contributed by atoms with Gasteiger partial charge in [-0.05, 0) is 5.75 Å². The average molecular weight is 277 g/mol. The largest absolute Gasteiger partial charge is 0.300 e. The highest BCUT2D eigenvalue weighted by molar-refractivity contribution is 8.14. The second-order valence-electron chi connectivity index (χ2n) is 2.63. The van der Waals surface area contributed by atoms with Crippen molar-refractivity contribution in [2.45, 2.75) is 18.2 Å². The molecule has 0 saturated carbocycles. The number of rotatable bonds is 5. The van der Waals surface area contributed by atoms with Gasteiger partial charge in [0, 0.05) is 6.92 Å². The summed E-state index contributed by atoms with van der Waals surface area (Å²) >= 11 is 3.89. The van der Waals surface area contributed by atoms with Crippen molar-refractivity contribution < 1.29 is 9.59 Å². The van der Waals surface area contributed by atoms with E-state index in [2.05, 4.69) is 15.5 Å². The molecule has 0 bridgehead atoms. The lowest BCUT2D eigenvalue weighted by atomic mass is 10.7. The predicted octanol–water partition coefficient (Wildman–Crippen LogP) is 1.87. The van der Waals surface area contributed by atoms with Gasteiger partial charge in [0.05, 0.1) is 5.75 Å². The molecule has 0 fully saturated rings. The summed E-state index contributed by atoms with van der Waals surface area (Å²) in [5.74, 6) is 0.804. The van der Waals surface area contributed by atoms with E-state index in [4.69, 9.17) is 0 Å². The second-order valence-corrected chi connectivity index (χ2v) is 6.28. The van der Waals surface area contributed by atoms with E-state index in [1.54, 1.807) is 11.8 Å². The van der Waals surface area contributed by atoms with Gasteiger partial charge in [-0.25, -0.2) is 0 Å². The Morgan fingerprint density at radius 1 is 1.44 bits per heavy atom. The van der Waals surface area contributed by atoms with E-state index >= 15 is 0 Å². The summed E-state index contributed by atoms with van der Waals surface area (Å²) in [7, 11) is 0. The van der Waals surface area contributed by atoms with Crippen LogP contribution in [0.4, 0.5) is 5.13 Å². The molecule has 88 valence electrons. The Kier molecular flexibility index (Phi) is 5.78. The Balaban J connectivity index is 2.40. The molecule has 8 heteroatoms. The van der Waals surface area contributed by atoms with Crippen LogP contribution in [0.3, 0.4) is 0 Å². The van der Waals surface area contributed by atoms with Crippen LogP contribution < -0.4 is 5.32 Å². The van der Waals surface area contributed by atoms with Crippen molar-refractivity contribution in [3.05, 3.63) is 0 Å². The van der Waals surface area contributed by atoms with Gasteiger partial charge in [-0.3, -0.25) is 14.9 Å². The Hall–Kier alpha value is -0.600. The summed E-state index contributed by atoms with van der Waals surface area (Å²) < 4.78 is 0.831. The molecule has 1 aromatic rings. The molecule has 16 heavy (non-hydrogen) atoms. The predicted molar refractivity (Wildman–Crippen MR) is 68.1 cm³/mol. The summed E-state index contributed by atoms with van der Waals surface area (Å²) in [4.78, 5) is 22.0. The molecule has 0 saturated heterocycles. The Bertz CT molecular complexity index is 380. The van der Waals surface area contributed by atoms with Crippen LogP contribution in [0.2, 0.25) is 0 Å². The minimum absolute atomic E-state index is 0.0744. The highest BCUT2D eigenvalue weighted by Crippen LogP contribution is 2.24. The number of anilines is 1. The molecule has 0 aliphatic rings. The van der Waals surface area contributed by atoms with Crippen molar-refractivity contribution in [2.24, 2.45) is 0 Å². The number of amides is 1. The monoisotopic (exact) mass is 277 g/mol. The maximum atomic E-state index is 11.3. The topological polar surface area (TPSA) is 72.0 Å². The molecule has 0 radical (unpaired) electrons. The number of carbonyl (C=O) groups excluding carboxylic acids is 2. The first-order valence-corrected chi connectivity index (χ1v) is 7.30. The van der Waals surface area contributed by atoms with Gasteiger partial charge in [0.15, 0.2) is 9.45 Å². The van der Waals surface area contributed by atoms with Crippen LogP contribution in [0.15, 0.2) is 4.34 Å². The number of nitrogens with one attached hydrogen (secondary N) is 1. The molecular formula is C8H11N3O2S3. The normalized spacial score (nSPS) is 10.1. The molecule has 1 N–H and O–H groups in total. The highest BCUT2D eigenvalue weighted by atomic mass is 32.2. The van der Waals surface area contributed by atoms with Gasteiger partial charge >= 0.3 is 0 Å². The molecule has 5 nitrogen and oxygen atoms in total. The van der Waals surface area contributed by atoms with E-state index in [1.807, 2.05) is 6.92 Å². The fourth-order valence-corrected chi connectivity index (χ4v) is 2.84. The average Bonchev–Trinajstić information content (AvgIpc) is 2.63. The zero-order valence-electron chi connectivity index (χ0n) is 8.85. The van der Waals surface area contributed by atoms with Gasteiger partial charge in [-0.15, -0.1) is 10.2 Å². The number of thioether (sulfide) groups is 2. The number of carbonyl (C=O) groups is 2. The van der Waals surface area contributed by atoms with Crippen molar-refractivity contribution >= 4 is 51.0 Å². The molecule has 0 aliphatic heterocycles. The van der Waals surface area contributed by atoms with Crippen molar-refractivity contribution in [1.29, 1.82) is 0 Å². The summed E-state index contributed by atoms with van der Waals surface area (Å²) in [6, 6.07) is 0. The quantitative estimate of drug-likeness (QED) is 0.654. The Morgan fingerprint density at radius 2 is 2.19 bits per heavy atom. The Labute approximate surface area is 106 Å². The lowest BCUT2D eigenvalue weighted by Crippen LogP contribution is -2.14. The molecule has 1 rings (SSSR count). The number of hydrogen-bond acceptors (Lipinski definition) is 7. The lowest BCUT2D eigenvalue weighted by molar-refractivity contribution is -0.114. The molecule has 1 aromatic heterocycles. The van der Waals surface area contributed by atoms with Crippen molar-refractivity contribution in [3.63, 3.8) is 0 Å².